The van der Waals surface area contributed by atoms with Crippen LogP contribution in [-0.2, 0) is 29.4 Å². The Morgan fingerprint density at radius 2 is 1.91 bits per heavy atom. The zero-order valence-electron chi connectivity index (χ0n) is 12.1. The van der Waals surface area contributed by atoms with E-state index >= 15 is 0 Å². The second-order valence-electron chi connectivity index (χ2n) is 4.48. The number of hydrogen-bond donors (Lipinski definition) is 1. The van der Waals surface area contributed by atoms with Gasteiger partial charge in [-0.1, -0.05) is 12.1 Å². The van der Waals surface area contributed by atoms with Crippen molar-refractivity contribution in [1.82, 2.24) is 4.72 Å². The third-order valence-corrected chi connectivity index (χ3v) is 5.07. The quantitative estimate of drug-likeness (QED) is 0.719. The predicted octanol–water partition coefficient (Wildman–Crippen LogP) is 0.486. The van der Waals surface area contributed by atoms with Crippen LogP contribution in [0.1, 0.15) is 6.92 Å². The average molecular weight is 347 g/mol. The molecule has 1 aromatic rings. The van der Waals surface area contributed by atoms with E-state index in [9.17, 15) is 21.6 Å². The van der Waals surface area contributed by atoms with Crippen molar-refractivity contribution in [3.8, 4) is 0 Å². The predicted molar refractivity (Wildman–Crippen MR) is 80.5 cm³/mol. The number of sulfone groups is 1. The van der Waals surface area contributed by atoms with E-state index in [1.165, 1.54) is 31.2 Å². The zero-order chi connectivity index (χ0) is 17.0. The lowest BCUT2D eigenvalue weighted by atomic mass is 10.4. The van der Waals surface area contributed by atoms with Crippen molar-refractivity contribution in [3.63, 3.8) is 0 Å². The Kier molecular flexibility index (Phi) is 5.86. The third kappa shape index (κ3) is 4.93. The Bertz CT molecular complexity index is 767. The Morgan fingerprint density at radius 3 is 2.45 bits per heavy atom. The third-order valence-electron chi connectivity index (χ3n) is 2.61. The van der Waals surface area contributed by atoms with E-state index in [-0.39, 0.29) is 16.4 Å². The number of hydrogen-bond acceptors (Lipinski definition) is 6. The summed E-state index contributed by atoms with van der Waals surface area (Å²) in [6.45, 7) is 4.90. The summed E-state index contributed by atoms with van der Waals surface area (Å²) in [5, 5.41) is 0. The molecule has 0 aliphatic heterocycles. The van der Waals surface area contributed by atoms with Crippen LogP contribution in [0.15, 0.2) is 46.7 Å². The highest BCUT2D eigenvalue weighted by atomic mass is 32.2. The van der Waals surface area contributed by atoms with Gasteiger partial charge in [-0.3, -0.25) is 4.79 Å². The topological polar surface area (TPSA) is 107 Å². The fourth-order valence-corrected chi connectivity index (χ4v) is 3.26. The lowest BCUT2D eigenvalue weighted by Crippen LogP contribution is -2.38. The van der Waals surface area contributed by atoms with E-state index in [2.05, 4.69) is 6.58 Å². The zero-order valence-corrected chi connectivity index (χ0v) is 13.8. The molecule has 0 aliphatic carbocycles. The normalized spacial score (nSPS) is 13.4. The van der Waals surface area contributed by atoms with Crippen molar-refractivity contribution >= 4 is 25.8 Å². The highest BCUT2D eigenvalue weighted by Crippen LogP contribution is 2.15. The number of carbonyl (C=O) groups is 1. The Hall–Kier alpha value is -1.71. The molecule has 1 unspecified atom stereocenters. The van der Waals surface area contributed by atoms with Crippen LogP contribution in [0.2, 0.25) is 0 Å². The first-order valence-corrected chi connectivity index (χ1v) is 9.54. The second-order valence-corrected chi connectivity index (χ2v) is 8.18. The molecule has 22 heavy (non-hydrogen) atoms. The molecule has 1 aromatic carbocycles. The summed E-state index contributed by atoms with van der Waals surface area (Å²) in [5.41, 5.74) is 0. The Balaban J connectivity index is 3.00. The SMILES string of the molecule is C=CCOC(C)C(=O)NS(=O)(=O)c1cccc(S(C)(=O)=O)c1. The van der Waals surface area contributed by atoms with Crippen molar-refractivity contribution in [2.75, 3.05) is 12.9 Å². The van der Waals surface area contributed by atoms with Crippen molar-refractivity contribution in [2.45, 2.75) is 22.8 Å². The van der Waals surface area contributed by atoms with E-state index in [0.717, 1.165) is 12.3 Å². The first-order chi connectivity index (χ1) is 10.1. The molecule has 0 fully saturated rings. The molecule has 0 aromatic heterocycles. The summed E-state index contributed by atoms with van der Waals surface area (Å²) in [4.78, 5) is 11.3. The van der Waals surface area contributed by atoms with Gasteiger partial charge < -0.3 is 4.74 Å². The maximum absolute atomic E-state index is 12.1. The standard InChI is InChI=1S/C13H17NO6S2/c1-4-8-20-10(2)13(15)14-22(18,19)12-7-5-6-11(9-12)21(3,16)17/h4-7,9-10H,1,8H2,2-3H3,(H,14,15). The van der Waals surface area contributed by atoms with Gasteiger partial charge in [0.1, 0.15) is 6.10 Å². The summed E-state index contributed by atoms with van der Waals surface area (Å²) >= 11 is 0. The molecule has 0 saturated heterocycles. The fourth-order valence-electron chi connectivity index (χ4n) is 1.43. The molecule has 0 radical (unpaired) electrons. The van der Waals surface area contributed by atoms with Crippen molar-refractivity contribution < 1.29 is 26.4 Å². The largest absolute Gasteiger partial charge is 0.365 e. The van der Waals surface area contributed by atoms with Crippen LogP contribution >= 0.6 is 0 Å². The highest BCUT2D eigenvalue weighted by molar-refractivity contribution is 7.91. The molecular weight excluding hydrogens is 330 g/mol. The minimum absolute atomic E-state index is 0.0954. The highest BCUT2D eigenvalue weighted by Gasteiger charge is 2.23. The molecule has 122 valence electrons. The van der Waals surface area contributed by atoms with E-state index in [1.807, 2.05) is 4.72 Å². The van der Waals surface area contributed by atoms with E-state index in [4.69, 9.17) is 4.74 Å². The van der Waals surface area contributed by atoms with Gasteiger partial charge in [0.15, 0.2) is 9.84 Å². The van der Waals surface area contributed by atoms with Crippen LogP contribution in [0.5, 0.6) is 0 Å². The van der Waals surface area contributed by atoms with Gasteiger partial charge in [-0.05, 0) is 25.1 Å². The monoisotopic (exact) mass is 347 g/mol. The molecule has 1 rings (SSSR count). The number of amides is 1. The van der Waals surface area contributed by atoms with Gasteiger partial charge in [0, 0.05) is 6.26 Å². The smallest absolute Gasteiger partial charge is 0.264 e. The van der Waals surface area contributed by atoms with Crippen LogP contribution in [0, 0.1) is 0 Å². The summed E-state index contributed by atoms with van der Waals surface area (Å²) in [6.07, 6.45) is 1.39. The molecule has 0 heterocycles. The van der Waals surface area contributed by atoms with Crippen LogP contribution in [0.25, 0.3) is 0 Å². The summed E-state index contributed by atoms with van der Waals surface area (Å²) in [7, 11) is -7.74. The van der Waals surface area contributed by atoms with Gasteiger partial charge in [0.2, 0.25) is 0 Å². The maximum Gasteiger partial charge on any atom is 0.264 e. The van der Waals surface area contributed by atoms with E-state index < -0.39 is 31.9 Å². The molecule has 7 nitrogen and oxygen atoms in total. The first-order valence-electron chi connectivity index (χ1n) is 6.17. The number of ether oxygens (including phenoxy) is 1. The molecule has 1 atom stereocenters. The van der Waals surface area contributed by atoms with Gasteiger partial charge >= 0.3 is 0 Å². The van der Waals surface area contributed by atoms with Crippen LogP contribution in [0.4, 0.5) is 0 Å². The Labute approximate surface area is 130 Å². The van der Waals surface area contributed by atoms with Crippen molar-refractivity contribution in [2.24, 2.45) is 0 Å². The molecule has 0 bridgehead atoms. The molecule has 1 amide bonds. The summed E-state index contributed by atoms with van der Waals surface area (Å²) in [6, 6.07) is 4.73. The number of nitrogens with one attached hydrogen (secondary N) is 1. The van der Waals surface area contributed by atoms with Crippen molar-refractivity contribution in [3.05, 3.63) is 36.9 Å². The van der Waals surface area contributed by atoms with Gasteiger partial charge in [-0.15, -0.1) is 6.58 Å². The number of carbonyl (C=O) groups excluding carboxylic acids is 1. The molecular formula is C13H17NO6S2. The number of sulfonamides is 1. The molecule has 1 N–H and O–H groups in total. The minimum Gasteiger partial charge on any atom is -0.365 e. The van der Waals surface area contributed by atoms with Gasteiger partial charge in [0.05, 0.1) is 16.4 Å². The summed E-state index contributed by atoms with van der Waals surface area (Å²) in [5.74, 6) is -0.855. The number of rotatable bonds is 7. The molecule has 0 spiro atoms. The molecule has 0 saturated carbocycles. The fraction of sp³-hybridized carbons (Fsp3) is 0.308. The minimum atomic E-state index is -4.18. The van der Waals surface area contributed by atoms with Crippen LogP contribution in [0.3, 0.4) is 0 Å². The van der Waals surface area contributed by atoms with E-state index in [0.29, 0.717) is 0 Å². The van der Waals surface area contributed by atoms with Crippen molar-refractivity contribution in [1.29, 1.82) is 0 Å². The lowest BCUT2D eigenvalue weighted by molar-refractivity contribution is -0.129. The Morgan fingerprint density at radius 1 is 1.32 bits per heavy atom. The maximum atomic E-state index is 12.1. The van der Waals surface area contributed by atoms with E-state index in [1.54, 1.807) is 0 Å². The lowest BCUT2D eigenvalue weighted by Gasteiger charge is -2.13. The molecule has 0 aliphatic rings. The van der Waals surface area contributed by atoms with Gasteiger partial charge in [0.25, 0.3) is 15.9 Å². The van der Waals surface area contributed by atoms with Gasteiger partial charge in [-0.25, -0.2) is 21.6 Å². The van der Waals surface area contributed by atoms with Crippen LogP contribution in [-0.4, -0.2) is 41.7 Å². The average Bonchev–Trinajstić information content (AvgIpc) is 2.43. The summed E-state index contributed by atoms with van der Waals surface area (Å²) < 4.78 is 54.0. The molecule has 9 heteroatoms. The second kappa shape index (κ2) is 7.03. The number of benzene rings is 1. The first kappa shape index (κ1) is 18.3. The van der Waals surface area contributed by atoms with Gasteiger partial charge in [-0.2, -0.15) is 0 Å². The van der Waals surface area contributed by atoms with Crippen LogP contribution < -0.4 is 4.72 Å².